The van der Waals surface area contributed by atoms with Gasteiger partial charge in [0, 0.05) is 21.0 Å². The molecule has 20 heavy (non-hydrogen) atoms. The Balaban J connectivity index is 2.08. The van der Waals surface area contributed by atoms with Crippen molar-refractivity contribution in [3.05, 3.63) is 55.2 Å². The molecule has 1 atom stereocenters. The number of halogens is 3. The maximum atomic E-state index is 6.25. The Bertz CT molecular complexity index is 568. The molecule has 1 heterocycles. The molecule has 2 rings (SSSR count). The summed E-state index contributed by atoms with van der Waals surface area (Å²) in [4.78, 5) is 1.28. The summed E-state index contributed by atoms with van der Waals surface area (Å²) in [7, 11) is 0. The van der Waals surface area contributed by atoms with Crippen molar-refractivity contribution in [1.82, 2.24) is 5.32 Å². The second-order valence-corrected chi connectivity index (χ2v) is 7.25. The third kappa shape index (κ3) is 4.64. The van der Waals surface area contributed by atoms with Crippen LogP contribution in [0, 0.1) is 0 Å². The molecule has 1 unspecified atom stereocenters. The van der Waals surface area contributed by atoms with E-state index >= 15 is 0 Å². The van der Waals surface area contributed by atoms with E-state index in [-0.39, 0.29) is 0 Å². The average molecular weight is 349 g/mol. The molecule has 2 aromatic rings. The van der Waals surface area contributed by atoms with E-state index < -0.39 is 0 Å². The Morgan fingerprint density at radius 2 is 1.90 bits per heavy atom. The Hall–Kier alpha value is -0.250. The number of likely N-dealkylation sites (N-methyl/N-ethyl adjacent to an activating group) is 1. The van der Waals surface area contributed by atoms with Gasteiger partial charge in [-0.3, -0.25) is 0 Å². The van der Waals surface area contributed by atoms with Crippen LogP contribution in [0.5, 0.6) is 0 Å². The molecule has 1 N–H and O–H groups in total. The van der Waals surface area contributed by atoms with Crippen LogP contribution in [0.1, 0.15) is 17.4 Å². The first kappa shape index (κ1) is 16.1. The molecule has 0 radical (unpaired) electrons. The monoisotopic (exact) mass is 347 g/mol. The molecule has 0 amide bonds. The minimum atomic E-state index is 0.341. The number of hydrogen-bond acceptors (Lipinski definition) is 2. The fourth-order valence-corrected chi connectivity index (χ4v) is 3.82. The average Bonchev–Trinajstić information content (AvgIpc) is 2.78. The first-order valence-corrected chi connectivity index (χ1v) is 8.45. The lowest BCUT2D eigenvalue weighted by atomic mass is 10.0. The fourth-order valence-electron chi connectivity index (χ4n) is 2.16. The minimum Gasteiger partial charge on any atom is -0.314 e. The van der Waals surface area contributed by atoms with Gasteiger partial charge in [-0.1, -0.05) is 47.8 Å². The first-order chi connectivity index (χ1) is 9.58. The van der Waals surface area contributed by atoms with Gasteiger partial charge in [-0.15, -0.1) is 11.3 Å². The maximum Gasteiger partial charge on any atom is 0.0931 e. The summed E-state index contributed by atoms with van der Waals surface area (Å²) >= 11 is 19.8. The second kappa shape index (κ2) is 7.67. The van der Waals surface area contributed by atoms with Crippen LogP contribution < -0.4 is 5.32 Å². The molecule has 0 fully saturated rings. The first-order valence-electron chi connectivity index (χ1n) is 6.50. The normalized spacial score (nSPS) is 12.6. The van der Waals surface area contributed by atoms with Crippen LogP contribution in [0.15, 0.2) is 30.3 Å². The van der Waals surface area contributed by atoms with Gasteiger partial charge < -0.3 is 5.32 Å². The van der Waals surface area contributed by atoms with Gasteiger partial charge >= 0.3 is 0 Å². The van der Waals surface area contributed by atoms with Crippen LogP contribution in [0.4, 0.5) is 0 Å². The predicted molar refractivity (Wildman–Crippen MR) is 90.7 cm³/mol. The topological polar surface area (TPSA) is 12.0 Å². The molecule has 0 saturated heterocycles. The molecule has 5 heteroatoms. The quantitative estimate of drug-likeness (QED) is 0.729. The van der Waals surface area contributed by atoms with Crippen molar-refractivity contribution in [2.75, 3.05) is 6.54 Å². The molecule has 0 aliphatic heterocycles. The summed E-state index contributed by atoms with van der Waals surface area (Å²) in [6, 6.07) is 10.0. The molecule has 1 nitrogen and oxygen atoms in total. The lowest BCUT2D eigenvalue weighted by molar-refractivity contribution is 0.524. The van der Waals surface area contributed by atoms with Crippen LogP contribution in [-0.2, 0) is 12.8 Å². The molecule has 1 aromatic heterocycles. The van der Waals surface area contributed by atoms with Crippen LogP contribution in [-0.4, -0.2) is 12.6 Å². The predicted octanol–water partition coefficient (Wildman–Crippen LogP) is 5.47. The molecule has 0 saturated carbocycles. The molecular formula is C15H16Cl3NS. The summed E-state index contributed by atoms with van der Waals surface area (Å²) in [5.41, 5.74) is 1.12. The molecular weight excluding hydrogens is 333 g/mol. The van der Waals surface area contributed by atoms with Gasteiger partial charge in [0.2, 0.25) is 0 Å². The van der Waals surface area contributed by atoms with Gasteiger partial charge in [0.1, 0.15) is 0 Å². The Morgan fingerprint density at radius 1 is 1.10 bits per heavy atom. The van der Waals surface area contributed by atoms with E-state index in [9.17, 15) is 0 Å². The standard InChI is InChI=1S/C15H16Cl3NS/c1-2-19-12(9-13-5-6-15(18)20-13)7-10-3-4-11(16)8-14(10)17/h3-6,8,12,19H,2,7,9H2,1H3. The summed E-state index contributed by atoms with van der Waals surface area (Å²) in [6.07, 6.45) is 1.82. The Morgan fingerprint density at radius 3 is 2.50 bits per heavy atom. The second-order valence-electron chi connectivity index (χ2n) is 4.60. The smallest absolute Gasteiger partial charge is 0.0931 e. The number of thiophene rings is 1. The van der Waals surface area contributed by atoms with Crippen molar-refractivity contribution in [3.8, 4) is 0 Å². The third-order valence-electron chi connectivity index (χ3n) is 3.05. The van der Waals surface area contributed by atoms with Crippen molar-refractivity contribution in [2.45, 2.75) is 25.8 Å². The number of benzene rings is 1. The van der Waals surface area contributed by atoms with Crippen molar-refractivity contribution in [1.29, 1.82) is 0 Å². The van der Waals surface area contributed by atoms with Crippen molar-refractivity contribution >= 4 is 46.1 Å². The Kier molecular flexibility index (Phi) is 6.19. The molecule has 0 bridgehead atoms. The van der Waals surface area contributed by atoms with Crippen LogP contribution in [0.3, 0.4) is 0 Å². The lowest BCUT2D eigenvalue weighted by Gasteiger charge is -2.18. The largest absolute Gasteiger partial charge is 0.314 e. The Labute approximate surface area is 138 Å². The van der Waals surface area contributed by atoms with E-state index in [2.05, 4.69) is 18.3 Å². The zero-order valence-corrected chi connectivity index (χ0v) is 14.2. The highest BCUT2D eigenvalue weighted by Gasteiger charge is 2.13. The highest BCUT2D eigenvalue weighted by molar-refractivity contribution is 7.16. The fraction of sp³-hybridized carbons (Fsp3) is 0.333. The SMILES string of the molecule is CCNC(Cc1ccc(Cl)s1)Cc1ccc(Cl)cc1Cl. The van der Waals surface area contributed by atoms with Crippen molar-refractivity contribution < 1.29 is 0 Å². The van der Waals surface area contributed by atoms with Crippen molar-refractivity contribution in [2.24, 2.45) is 0 Å². The minimum absolute atomic E-state index is 0.341. The number of rotatable bonds is 6. The van der Waals surface area contributed by atoms with Crippen LogP contribution in [0.2, 0.25) is 14.4 Å². The van der Waals surface area contributed by atoms with Gasteiger partial charge in [-0.25, -0.2) is 0 Å². The highest BCUT2D eigenvalue weighted by Crippen LogP contribution is 2.25. The number of nitrogens with one attached hydrogen (secondary N) is 1. The summed E-state index contributed by atoms with van der Waals surface area (Å²) in [6.45, 7) is 3.03. The molecule has 1 aromatic carbocycles. The molecule has 0 aliphatic carbocycles. The lowest BCUT2D eigenvalue weighted by Crippen LogP contribution is -2.32. The van der Waals surface area contributed by atoms with E-state index in [0.717, 1.165) is 34.3 Å². The third-order valence-corrected chi connectivity index (χ3v) is 4.89. The van der Waals surface area contributed by atoms with E-state index in [1.807, 2.05) is 18.2 Å². The van der Waals surface area contributed by atoms with Crippen molar-refractivity contribution in [3.63, 3.8) is 0 Å². The zero-order valence-electron chi connectivity index (χ0n) is 11.1. The van der Waals surface area contributed by atoms with Gasteiger partial charge in [-0.05, 0) is 49.2 Å². The van der Waals surface area contributed by atoms with Gasteiger partial charge in [0.25, 0.3) is 0 Å². The summed E-state index contributed by atoms with van der Waals surface area (Å²) < 4.78 is 0.833. The summed E-state index contributed by atoms with van der Waals surface area (Å²) in [5, 5.41) is 4.90. The van der Waals surface area contributed by atoms with Crippen LogP contribution in [0.25, 0.3) is 0 Å². The molecule has 108 valence electrons. The van der Waals surface area contributed by atoms with E-state index in [4.69, 9.17) is 34.8 Å². The number of hydrogen-bond donors (Lipinski definition) is 1. The van der Waals surface area contributed by atoms with E-state index in [1.54, 1.807) is 17.4 Å². The zero-order chi connectivity index (χ0) is 14.5. The van der Waals surface area contributed by atoms with E-state index in [0.29, 0.717) is 11.1 Å². The van der Waals surface area contributed by atoms with Gasteiger partial charge in [-0.2, -0.15) is 0 Å². The molecule has 0 spiro atoms. The van der Waals surface area contributed by atoms with E-state index in [1.165, 1.54) is 4.88 Å². The summed E-state index contributed by atoms with van der Waals surface area (Å²) in [5.74, 6) is 0. The highest BCUT2D eigenvalue weighted by atomic mass is 35.5. The maximum absolute atomic E-state index is 6.25. The van der Waals surface area contributed by atoms with Crippen LogP contribution >= 0.6 is 46.1 Å². The molecule has 0 aliphatic rings. The van der Waals surface area contributed by atoms with Gasteiger partial charge in [0.15, 0.2) is 0 Å². The van der Waals surface area contributed by atoms with Gasteiger partial charge in [0.05, 0.1) is 4.34 Å².